The number of nitrogens with one attached hydrogen (secondary N) is 1. The number of amides is 1. The topological polar surface area (TPSA) is 64.4 Å². The lowest BCUT2D eigenvalue weighted by molar-refractivity contribution is -0.274. The number of carbonyl (C=O) groups is 1. The van der Waals surface area contributed by atoms with E-state index in [1.807, 2.05) is 20.8 Å². The third kappa shape index (κ3) is 6.03. The normalized spacial score (nSPS) is 13.7. The Morgan fingerprint density at radius 1 is 1.29 bits per heavy atom. The first kappa shape index (κ1) is 17.3. The zero-order chi connectivity index (χ0) is 16.3. The largest absolute Gasteiger partial charge is 0.573 e. The number of rotatable bonds is 4. The van der Waals surface area contributed by atoms with Crippen LogP contribution in [0.25, 0.3) is 0 Å². The molecule has 0 spiro atoms. The van der Waals surface area contributed by atoms with Crippen molar-refractivity contribution in [3.05, 3.63) is 24.3 Å². The summed E-state index contributed by atoms with van der Waals surface area (Å²) in [4.78, 5) is 11.9. The van der Waals surface area contributed by atoms with Crippen LogP contribution in [0.1, 0.15) is 27.2 Å². The van der Waals surface area contributed by atoms with Crippen molar-refractivity contribution in [3.8, 4) is 5.75 Å². The number of carbonyl (C=O) groups excluding carboxylic acids is 1. The van der Waals surface area contributed by atoms with E-state index < -0.39 is 24.1 Å². The number of ether oxygens (including phenoxy) is 1. The van der Waals surface area contributed by atoms with E-state index in [0.29, 0.717) is 0 Å². The van der Waals surface area contributed by atoms with Crippen molar-refractivity contribution in [2.75, 3.05) is 5.32 Å². The van der Waals surface area contributed by atoms with Crippen LogP contribution < -0.4 is 15.8 Å². The number of nitrogens with two attached hydrogens (primary N) is 1. The first-order valence-corrected chi connectivity index (χ1v) is 6.39. The summed E-state index contributed by atoms with van der Waals surface area (Å²) in [6.07, 6.45) is -4.81. The Balaban J connectivity index is 2.77. The Morgan fingerprint density at radius 3 is 2.38 bits per heavy atom. The molecule has 0 aromatic heterocycles. The summed E-state index contributed by atoms with van der Waals surface area (Å²) in [7, 11) is 0. The average molecular weight is 304 g/mol. The van der Waals surface area contributed by atoms with Gasteiger partial charge in [0.2, 0.25) is 5.91 Å². The highest BCUT2D eigenvalue weighted by Gasteiger charge is 2.32. The van der Waals surface area contributed by atoms with Crippen LogP contribution in [0.4, 0.5) is 18.9 Å². The minimum absolute atomic E-state index is 0.00382. The van der Waals surface area contributed by atoms with Crippen molar-refractivity contribution in [2.24, 2.45) is 11.1 Å². The molecule has 0 saturated carbocycles. The zero-order valence-corrected chi connectivity index (χ0v) is 12.1. The number of halogens is 3. The van der Waals surface area contributed by atoms with Crippen LogP contribution in [-0.2, 0) is 4.79 Å². The van der Waals surface area contributed by atoms with Gasteiger partial charge in [0.25, 0.3) is 0 Å². The Labute approximate surface area is 121 Å². The number of hydrogen-bond donors (Lipinski definition) is 2. The lowest BCUT2D eigenvalue weighted by Crippen LogP contribution is -2.38. The van der Waals surface area contributed by atoms with Crippen molar-refractivity contribution in [1.29, 1.82) is 0 Å². The van der Waals surface area contributed by atoms with Gasteiger partial charge in [0.05, 0.1) is 5.69 Å². The molecule has 0 radical (unpaired) electrons. The summed E-state index contributed by atoms with van der Waals surface area (Å²) in [5.74, 6) is -0.918. The highest BCUT2D eigenvalue weighted by atomic mass is 19.4. The van der Waals surface area contributed by atoms with Gasteiger partial charge in [-0.25, -0.2) is 0 Å². The lowest BCUT2D eigenvalue weighted by Gasteiger charge is -2.26. The van der Waals surface area contributed by atoms with Crippen molar-refractivity contribution in [3.63, 3.8) is 0 Å². The van der Waals surface area contributed by atoms with Gasteiger partial charge < -0.3 is 15.8 Å². The van der Waals surface area contributed by atoms with Gasteiger partial charge in [-0.05, 0) is 17.5 Å². The van der Waals surface area contributed by atoms with Gasteiger partial charge in [-0.1, -0.05) is 32.9 Å². The zero-order valence-electron chi connectivity index (χ0n) is 12.1. The second kappa shape index (κ2) is 6.34. The van der Waals surface area contributed by atoms with Gasteiger partial charge in [0.1, 0.15) is 0 Å². The molecule has 0 fully saturated rings. The smallest absolute Gasteiger partial charge is 0.404 e. The molecule has 118 valence electrons. The van der Waals surface area contributed by atoms with Gasteiger partial charge in [-0.2, -0.15) is 0 Å². The fraction of sp³-hybridized carbons (Fsp3) is 0.500. The van der Waals surface area contributed by atoms with Crippen molar-refractivity contribution in [1.82, 2.24) is 0 Å². The summed E-state index contributed by atoms with van der Waals surface area (Å²) < 4.78 is 40.7. The molecule has 1 rings (SSSR count). The molecule has 0 bridgehead atoms. The van der Waals surface area contributed by atoms with E-state index >= 15 is 0 Å². The summed E-state index contributed by atoms with van der Waals surface area (Å²) in [6.45, 7) is 5.64. The Hall–Kier alpha value is -1.76. The number of anilines is 1. The Kier molecular flexibility index (Phi) is 5.22. The van der Waals surface area contributed by atoms with Crippen LogP contribution in [0.5, 0.6) is 5.75 Å². The molecule has 1 atom stereocenters. The van der Waals surface area contributed by atoms with Crippen LogP contribution in [0.3, 0.4) is 0 Å². The monoisotopic (exact) mass is 304 g/mol. The van der Waals surface area contributed by atoms with Gasteiger partial charge in [-0.3, -0.25) is 4.79 Å². The van der Waals surface area contributed by atoms with Crippen LogP contribution in [0, 0.1) is 5.41 Å². The van der Waals surface area contributed by atoms with Crippen molar-refractivity contribution < 1.29 is 22.7 Å². The number of hydrogen-bond acceptors (Lipinski definition) is 3. The second-order valence-electron chi connectivity index (χ2n) is 5.77. The van der Waals surface area contributed by atoms with Crippen molar-refractivity contribution in [2.45, 2.75) is 39.6 Å². The highest BCUT2D eigenvalue weighted by molar-refractivity contribution is 5.92. The molecular formula is C14H19F3N2O2. The number of alkyl halides is 3. The predicted octanol–water partition coefficient (Wildman–Crippen LogP) is 3.29. The Bertz CT molecular complexity index is 496. The summed E-state index contributed by atoms with van der Waals surface area (Å²) in [6, 6.07) is 4.95. The third-order valence-electron chi connectivity index (χ3n) is 2.90. The highest BCUT2D eigenvalue weighted by Crippen LogP contribution is 2.30. The van der Waals surface area contributed by atoms with E-state index in [1.165, 1.54) is 18.2 Å². The van der Waals surface area contributed by atoms with E-state index in [1.54, 1.807) is 0 Å². The molecule has 21 heavy (non-hydrogen) atoms. The van der Waals surface area contributed by atoms with Gasteiger partial charge in [0, 0.05) is 12.5 Å². The molecule has 7 heteroatoms. The minimum Gasteiger partial charge on any atom is -0.404 e. The quantitative estimate of drug-likeness (QED) is 0.897. The molecule has 4 nitrogen and oxygen atoms in total. The molecule has 1 amide bonds. The average Bonchev–Trinajstić information content (AvgIpc) is 2.28. The SMILES string of the molecule is CC(C)(C)C(N)CC(=O)Nc1ccccc1OC(F)(F)F. The maximum atomic E-state index is 12.3. The first-order chi connectivity index (χ1) is 9.49. The molecule has 0 saturated heterocycles. The van der Waals surface area contributed by atoms with Gasteiger partial charge in [-0.15, -0.1) is 13.2 Å². The second-order valence-corrected chi connectivity index (χ2v) is 5.77. The molecule has 0 aliphatic carbocycles. The standard InChI is InChI=1S/C14H19F3N2O2/c1-13(2,3)11(18)8-12(20)19-9-6-4-5-7-10(9)21-14(15,16)17/h4-7,11H,8,18H2,1-3H3,(H,19,20). The van der Waals surface area contributed by atoms with E-state index in [2.05, 4.69) is 10.1 Å². The molecule has 1 unspecified atom stereocenters. The molecule has 1 aromatic carbocycles. The fourth-order valence-electron chi connectivity index (χ4n) is 1.49. The van der Waals surface area contributed by atoms with Crippen LogP contribution in [0.2, 0.25) is 0 Å². The van der Waals surface area contributed by atoms with Crippen LogP contribution >= 0.6 is 0 Å². The predicted molar refractivity (Wildman–Crippen MR) is 73.8 cm³/mol. The Morgan fingerprint density at radius 2 is 1.86 bits per heavy atom. The molecule has 0 heterocycles. The lowest BCUT2D eigenvalue weighted by atomic mass is 9.85. The molecule has 0 aliphatic heterocycles. The van der Waals surface area contributed by atoms with E-state index in [4.69, 9.17) is 5.73 Å². The number of para-hydroxylation sites is 2. The van der Waals surface area contributed by atoms with Gasteiger partial charge in [0.15, 0.2) is 5.75 Å². The minimum atomic E-state index is -4.82. The maximum absolute atomic E-state index is 12.3. The van der Waals surface area contributed by atoms with Gasteiger partial charge >= 0.3 is 6.36 Å². The summed E-state index contributed by atoms with van der Waals surface area (Å²) in [5, 5.41) is 2.39. The van der Waals surface area contributed by atoms with E-state index in [-0.39, 0.29) is 17.5 Å². The third-order valence-corrected chi connectivity index (χ3v) is 2.90. The molecule has 0 aliphatic rings. The number of benzene rings is 1. The molecule has 1 aromatic rings. The maximum Gasteiger partial charge on any atom is 0.573 e. The van der Waals surface area contributed by atoms with Crippen LogP contribution in [0.15, 0.2) is 24.3 Å². The van der Waals surface area contributed by atoms with E-state index in [9.17, 15) is 18.0 Å². The molecule has 3 N–H and O–H groups in total. The summed E-state index contributed by atoms with van der Waals surface area (Å²) >= 11 is 0. The first-order valence-electron chi connectivity index (χ1n) is 6.39. The van der Waals surface area contributed by atoms with Crippen molar-refractivity contribution >= 4 is 11.6 Å². The van der Waals surface area contributed by atoms with E-state index in [0.717, 1.165) is 6.07 Å². The van der Waals surface area contributed by atoms with Crippen LogP contribution in [-0.4, -0.2) is 18.3 Å². The molecular weight excluding hydrogens is 285 g/mol. The fourth-order valence-corrected chi connectivity index (χ4v) is 1.49. The summed E-state index contributed by atoms with van der Waals surface area (Å²) in [5.41, 5.74) is 5.55.